The van der Waals surface area contributed by atoms with Gasteiger partial charge in [0.15, 0.2) is 5.82 Å². The molecule has 1 aromatic carbocycles. The molecule has 2 aromatic rings. The molecule has 0 saturated carbocycles. The van der Waals surface area contributed by atoms with Gasteiger partial charge in [0.2, 0.25) is 0 Å². The molecule has 0 aliphatic heterocycles. The van der Waals surface area contributed by atoms with Gasteiger partial charge in [-0.2, -0.15) is 0 Å². The van der Waals surface area contributed by atoms with Crippen LogP contribution in [0, 0.1) is 12.3 Å². The van der Waals surface area contributed by atoms with Crippen molar-refractivity contribution in [2.24, 2.45) is 5.41 Å². The molecule has 5 heteroatoms. The fourth-order valence-electron chi connectivity index (χ4n) is 2.00. The van der Waals surface area contributed by atoms with Crippen molar-refractivity contribution in [1.29, 1.82) is 0 Å². The van der Waals surface area contributed by atoms with E-state index in [2.05, 4.69) is 36.3 Å². The van der Waals surface area contributed by atoms with Gasteiger partial charge in [-0.1, -0.05) is 32.9 Å². The minimum Gasteiger partial charge on any atom is -0.398 e. The number of hydrogen-bond acceptors (Lipinski definition) is 4. The third-order valence-electron chi connectivity index (χ3n) is 3.60. The predicted octanol–water partition coefficient (Wildman–Crippen LogP) is 2.67. The lowest BCUT2D eigenvalue weighted by Gasteiger charge is -2.22. The van der Waals surface area contributed by atoms with Crippen LogP contribution in [0.3, 0.4) is 0 Å². The van der Waals surface area contributed by atoms with Crippen LogP contribution in [0.2, 0.25) is 0 Å². The number of rotatable bonds is 4. The normalized spacial score (nSPS) is 11.8. The Kier molecular flexibility index (Phi) is 3.55. The van der Waals surface area contributed by atoms with E-state index < -0.39 is 0 Å². The third-order valence-corrected chi connectivity index (χ3v) is 3.60. The average Bonchev–Trinajstić information content (AvgIpc) is 2.76. The summed E-state index contributed by atoms with van der Waals surface area (Å²) in [5, 5.41) is 12.1. The zero-order chi connectivity index (χ0) is 14.0. The largest absolute Gasteiger partial charge is 0.398 e. The van der Waals surface area contributed by atoms with E-state index in [0.29, 0.717) is 5.69 Å². The van der Waals surface area contributed by atoms with E-state index in [1.165, 1.54) is 0 Å². The van der Waals surface area contributed by atoms with Gasteiger partial charge in [-0.05, 0) is 40.8 Å². The van der Waals surface area contributed by atoms with Crippen molar-refractivity contribution in [2.45, 2.75) is 40.7 Å². The maximum Gasteiger partial charge on any atom is 0.184 e. The minimum atomic E-state index is 0.154. The zero-order valence-corrected chi connectivity index (χ0v) is 12.0. The van der Waals surface area contributed by atoms with Crippen molar-refractivity contribution in [1.82, 2.24) is 20.2 Å². The van der Waals surface area contributed by atoms with Crippen molar-refractivity contribution >= 4 is 5.69 Å². The van der Waals surface area contributed by atoms with Crippen LogP contribution in [-0.2, 0) is 6.54 Å². The number of tetrazole rings is 1. The highest BCUT2D eigenvalue weighted by Crippen LogP contribution is 2.29. The number of hydrogen-bond donors (Lipinski definition) is 1. The van der Waals surface area contributed by atoms with Gasteiger partial charge in [0.05, 0.1) is 6.54 Å². The van der Waals surface area contributed by atoms with Gasteiger partial charge in [-0.3, -0.25) is 0 Å². The number of nitrogens with two attached hydrogens (primary N) is 1. The van der Waals surface area contributed by atoms with E-state index in [4.69, 9.17) is 5.73 Å². The van der Waals surface area contributed by atoms with Crippen LogP contribution >= 0.6 is 0 Å². The lowest BCUT2D eigenvalue weighted by Crippen LogP contribution is -2.20. The van der Waals surface area contributed by atoms with Gasteiger partial charge in [0.25, 0.3) is 0 Å². The fraction of sp³-hybridized carbons (Fsp3) is 0.500. The Hall–Kier alpha value is -1.91. The molecule has 2 N–H and O–H groups in total. The molecule has 5 nitrogen and oxygen atoms in total. The number of aromatic nitrogens is 4. The molecule has 0 aliphatic carbocycles. The Labute approximate surface area is 113 Å². The lowest BCUT2D eigenvalue weighted by molar-refractivity contribution is 0.279. The van der Waals surface area contributed by atoms with Gasteiger partial charge in [0.1, 0.15) is 0 Å². The number of anilines is 1. The van der Waals surface area contributed by atoms with Crippen molar-refractivity contribution in [3.63, 3.8) is 0 Å². The summed E-state index contributed by atoms with van der Waals surface area (Å²) in [5.74, 6) is 0.747. The van der Waals surface area contributed by atoms with Gasteiger partial charge in [0, 0.05) is 11.3 Å². The summed E-state index contributed by atoms with van der Waals surface area (Å²) in [6.45, 7) is 9.39. The molecule has 0 amide bonds. The number of benzene rings is 1. The molecule has 0 atom stereocenters. The molecule has 1 aromatic heterocycles. The second kappa shape index (κ2) is 4.99. The highest BCUT2D eigenvalue weighted by Gasteiger charge is 2.21. The molecular weight excluding hydrogens is 238 g/mol. The smallest absolute Gasteiger partial charge is 0.184 e. The summed E-state index contributed by atoms with van der Waals surface area (Å²) in [5.41, 5.74) is 8.95. The van der Waals surface area contributed by atoms with Crippen LogP contribution in [0.4, 0.5) is 5.69 Å². The van der Waals surface area contributed by atoms with Crippen molar-refractivity contribution in [3.8, 4) is 11.4 Å². The molecule has 0 radical (unpaired) electrons. The number of aryl methyl sites for hydroxylation is 1. The molecule has 19 heavy (non-hydrogen) atoms. The molecule has 0 saturated heterocycles. The standard InChI is InChI=1S/C14H21N5/c1-5-14(3,4)9-19-13(16-17-18-19)12-10(2)7-6-8-11(12)15/h6-8H,5,9,15H2,1-4H3. The summed E-state index contributed by atoms with van der Waals surface area (Å²) in [7, 11) is 0. The quantitative estimate of drug-likeness (QED) is 0.857. The maximum absolute atomic E-state index is 6.07. The summed E-state index contributed by atoms with van der Waals surface area (Å²) in [6, 6.07) is 5.85. The van der Waals surface area contributed by atoms with E-state index in [1.807, 2.05) is 29.8 Å². The van der Waals surface area contributed by atoms with Crippen molar-refractivity contribution in [2.75, 3.05) is 5.73 Å². The van der Waals surface area contributed by atoms with Gasteiger partial charge >= 0.3 is 0 Å². The Bertz CT molecular complexity index is 551. The Morgan fingerprint density at radius 3 is 2.68 bits per heavy atom. The van der Waals surface area contributed by atoms with E-state index in [-0.39, 0.29) is 5.41 Å². The summed E-state index contributed by atoms with van der Waals surface area (Å²) in [6.07, 6.45) is 1.07. The maximum atomic E-state index is 6.07. The third kappa shape index (κ3) is 2.75. The van der Waals surface area contributed by atoms with Crippen LogP contribution in [0.1, 0.15) is 32.8 Å². The Morgan fingerprint density at radius 1 is 1.32 bits per heavy atom. The molecule has 1 heterocycles. The molecule has 0 bridgehead atoms. The Morgan fingerprint density at radius 2 is 2.05 bits per heavy atom. The minimum absolute atomic E-state index is 0.154. The zero-order valence-electron chi connectivity index (χ0n) is 12.0. The van der Waals surface area contributed by atoms with Crippen LogP contribution in [0.5, 0.6) is 0 Å². The molecule has 102 valence electrons. The summed E-state index contributed by atoms with van der Waals surface area (Å²) in [4.78, 5) is 0. The van der Waals surface area contributed by atoms with Gasteiger partial charge < -0.3 is 5.73 Å². The second-order valence-corrected chi connectivity index (χ2v) is 5.72. The first-order valence-corrected chi connectivity index (χ1v) is 6.56. The second-order valence-electron chi connectivity index (χ2n) is 5.72. The summed E-state index contributed by atoms with van der Waals surface area (Å²) >= 11 is 0. The first-order valence-electron chi connectivity index (χ1n) is 6.56. The van der Waals surface area contributed by atoms with Crippen molar-refractivity contribution < 1.29 is 0 Å². The first kappa shape index (κ1) is 13.5. The van der Waals surface area contributed by atoms with Crippen LogP contribution in [-0.4, -0.2) is 20.2 Å². The van der Waals surface area contributed by atoms with E-state index in [9.17, 15) is 0 Å². The highest BCUT2D eigenvalue weighted by molar-refractivity contribution is 5.74. The molecule has 0 spiro atoms. The van der Waals surface area contributed by atoms with Crippen LogP contribution in [0.15, 0.2) is 18.2 Å². The van der Waals surface area contributed by atoms with E-state index in [1.54, 1.807) is 0 Å². The number of nitrogens with zero attached hydrogens (tertiary/aromatic N) is 4. The predicted molar refractivity (Wildman–Crippen MR) is 76.5 cm³/mol. The first-order chi connectivity index (χ1) is 8.94. The van der Waals surface area contributed by atoms with Crippen LogP contribution in [0.25, 0.3) is 11.4 Å². The monoisotopic (exact) mass is 259 g/mol. The molecule has 0 unspecified atom stereocenters. The Balaban J connectivity index is 2.45. The number of nitrogen functional groups attached to an aromatic ring is 1. The van der Waals surface area contributed by atoms with E-state index in [0.717, 1.165) is 29.9 Å². The highest BCUT2D eigenvalue weighted by atomic mass is 15.5. The van der Waals surface area contributed by atoms with Crippen molar-refractivity contribution in [3.05, 3.63) is 23.8 Å². The fourth-order valence-corrected chi connectivity index (χ4v) is 2.00. The molecule has 0 aliphatic rings. The summed E-state index contributed by atoms with van der Waals surface area (Å²) < 4.78 is 1.85. The van der Waals surface area contributed by atoms with Gasteiger partial charge in [-0.15, -0.1) is 5.10 Å². The van der Waals surface area contributed by atoms with E-state index >= 15 is 0 Å². The molecular formula is C14H21N5. The lowest BCUT2D eigenvalue weighted by atomic mass is 9.90. The molecule has 0 fully saturated rings. The average molecular weight is 259 g/mol. The van der Waals surface area contributed by atoms with Gasteiger partial charge in [-0.25, -0.2) is 4.68 Å². The topological polar surface area (TPSA) is 69.6 Å². The van der Waals surface area contributed by atoms with Crippen LogP contribution < -0.4 is 5.73 Å². The SMILES string of the molecule is CCC(C)(C)Cn1nnnc1-c1c(C)cccc1N. The molecule has 2 rings (SSSR count).